The maximum atomic E-state index is 12.9. The van der Waals surface area contributed by atoms with Crippen molar-refractivity contribution in [2.24, 2.45) is 0 Å². The molecule has 0 aliphatic heterocycles. The lowest BCUT2D eigenvalue weighted by atomic mass is 10.1. The van der Waals surface area contributed by atoms with E-state index in [0.29, 0.717) is 5.69 Å². The van der Waals surface area contributed by atoms with E-state index in [0.717, 1.165) is 16.7 Å². The van der Waals surface area contributed by atoms with Gasteiger partial charge in [0.05, 0.1) is 5.56 Å². The van der Waals surface area contributed by atoms with Crippen molar-refractivity contribution in [1.82, 2.24) is 4.57 Å². The van der Waals surface area contributed by atoms with Gasteiger partial charge < -0.3 is 5.11 Å². The van der Waals surface area contributed by atoms with E-state index < -0.39 is 28.8 Å². The third kappa shape index (κ3) is 3.28. The number of aromatic nitrogens is 1. The van der Waals surface area contributed by atoms with E-state index in [9.17, 15) is 22.8 Å². The molecule has 1 N–H and O–H groups in total. The molecule has 0 saturated heterocycles. The highest BCUT2D eigenvalue weighted by atomic mass is 19.4. The van der Waals surface area contributed by atoms with Gasteiger partial charge in [-0.1, -0.05) is 19.9 Å². The zero-order valence-corrected chi connectivity index (χ0v) is 12.4. The lowest BCUT2D eigenvalue weighted by molar-refractivity contribution is -0.137. The van der Waals surface area contributed by atoms with E-state index in [2.05, 4.69) is 0 Å². The van der Waals surface area contributed by atoms with Gasteiger partial charge in [0.2, 0.25) is 0 Å². The molecule has 0 spiro atoms. The average molecular weight is 325 g/mol. The van der Waals surface area contributed by atoms with Crippen LogP contribution in [0, 0.1) is 0 Å². The van der Waals surface area contributed by atoms with Crippen LogP contribution in [0.4, 0.5) is 13.2 Å². The number of rotatable bonds is 3. The molecular formula is C16H14F3NO3. The number of halogens is 3. The summed E-state index contributed by atoms with van der Waals surface area (Å²) in [5, 5.41) is 9.06. The highest BCUT2D eigenvalue weighted by Crippen LogP contribution is 2.30. The van der Waals surface area contributed by atoms with Crippen LogP contribution in [-0.2, 0) is 6.18 Å². The molecule has 4 nitrogen and oxygen atoms in total. The Hall–Kier alpha value is -2.57. The van der Waals surface area contributed by atoms with Gasteiger partial charge in [-0.05, 0) is 36.2 Å². The molecule has 1 heterocycles. The molecule has 0 atom stereocenters. The van der Waals surface area contributed by atoms with Gasteiger partial charge >= 0.3 is 12.1 Å². The molecule has 0 aliphatic rings. The number of aromatic carboxylic acids is 1. The molecule has 0 saturated carbocycles. The molecule has 23 heavy (non-hydrogen) atoms. The number of nitrogens with zero attached hydrogens (tertiary/aromatic N) is 1. The third-order valence-electron chi connectivity index (χ3n) is 3.37. The predicted molar refractivity (Wildman–Crippen MR) is 78.1 cm³/mol. The second kappa shape index (κ2) is 5.91. The molecule has 1 aromatic carbocycles. The van der Waals surface area contributed by atoms with Gasteiger partial charge in [-0.3, -0.25) is 9.36 Å². The molecule has 7 heteroatoms. The number of carbonyl (C=O) groups is 1. The summed E-state index contributed by atoms with van der Waals surface area (Å²) in [5.41, 5.74) is -1.84. The lowest BCUT2D eigenvalue weighted by Crippen LogP contribution is -2.28. The van der Waals surface area contributed by atoms with Gasteiger partial charge in [-0.25, -0.2) is 4.79 Å². The van der Waals surface area contributed by atoms with Crippen LogP contribution < -0.4 is 5.56 Å². The molecule has 0 unspecified atom stereocenters. The van der Waals surface area contributed by atoms with Gasteiger partial charge in [0, 0.05) is 11.4 Å². The Labute approximate surface area is 129 Å². The van der Waals surface area contributed by atoms with Crippen LogP contribution in [0.3, 0.4) is 0 Å². The summed E-state index contributed by atoms with van der Waals surface area (Å²) in [6.07, 6.45) is -4.55. The van der Waals surface area contributed by atoms with E-state index >= 15 is 0 Å². The van der Waals surface area contributed by atoms with Crippen molar-refractivity contribution >= 4 is 5.97 Å². The average Bonchev–Trinajstić information content (AvgIpc) is 2.45. The van der Waals surface area contributed by atoms with Crippen molar-refractivity contribution in [3.05, 3.63) is 63.6 Å². The molecule has 0 aliphatic carbocycles. The Morgan fingerprint density at radius 1 is 1.17 bits per heavy atom. The maximum absolute atomic E-state index is 12.9. The Bertz CT molecular complexity index is 807. The molecule has 122 valence electrons. The van der Waals surface area contributed by atoms with E-state index in [1.54, 1.807) is 13.8 Å². The predicted octanol–water partition coefficient (Wildman–Crippen LogP) is 3.68. The first kappa shape index (κ1) is 16.8. The number of hydrogen-bond donors (Lipinski definition) is 1. The van der Waals surface area contributed by atoms with Crippen LogP contribution in [0.2, 0.25) is 0 Å². The van der Waals surface area contributed by atoms with Gasteiger partial charge in [0.15, 0.2) is 0 Å². The van der Waals surface area contributed by atoms with E-state index in [1.807, 2.05) is 0 Å². The second-order valence-electron chi connectivity index (χ2n) is 5.32. The summed E-state index contributed by atoms with van der Waals surface area (Å²) in [6.45, 7) is 3.53. The SMILES string of the molecule is CC(C)c1ccc(C(=O)O)c(=O)n1-c1cccc(C(F)(F)F)c1. The van der Waals surface area contributed by atoms with Crippen LogP contribution in [0.5, 0.6) is 0 Å². The van der Waals surface area contributed by atoms with E-state index in [1.165, 1.54) is 24.3 Å². The second-order valence-corrected chi connectivity index (χ2v) is 5.32. The van der Waals surface area contributed by atoms with Crippen molar-refractivity contribution in [2.75, 3.05) is 0 Å². The number of alkyl halides is 3. The van der Waals surface area contributed by atoms with Gasteiger partial charge in [-0.15, -0.1) is 0 Å². The number of carboxylic acids is 1. The summed E-state index contributed by atoms with van der Waals surface area (Å²) in [7, 11) is 0. The molecule has 1 aromatic heterocycles. The Balaban J connectivity index is 2.78. The van der Waals surface area contributed by atoms with Crippen molar-refractivity contribution in [2.45, 2.75) is 25.9 Å². The molecule has 0 radical (unpaired) electrons. The fourth-order valence-corrected chi connectivity index (χ4v) is 2.25. The van der Waals surface area contributed by atoms with Crippen molar-refractivity contribution in [3.63, 3.8) is 0 Å². The number of carboxylic acid groups (broad SMARTS) is 1. The molecule has 2 aromatic rings. The minimum absolute atomic E-state index is 0.0170. The number of pyridine rings is 1. The summed E-state index contributed by atoms with van der Waals surface area (Å²) in [6, 6.07) is 6.86. The fraction of sp³-hybridized carbons (Fsp3) is 0.250. The van der Waals surface area contributed by atoms with Crippen molar-refractivity contribution in [1.29, 1.82) is 0 Å². The first-order valence-corrected chi connectivity index (χ1v) is 6.80. The van der Waals surface area contributed by atoms with Gasteiger partial charge in [-0.2, -0.15) is 13.2 Å². The monoisotopic (exact) mass is 325 g/mol. The summed E-state index contributed by atoms with van der Waals surface area (Å²) < 4.78 is 39.6. The summed E-state index contributed by atoms with van der Waals surface area (Å²) in [4.78, 5) is 23.5. The first-order valence-electron chi connectivity index (χ1n) is 6.80. The van der Waals surface area contributed by atoms with Gasteiger partial charge in [0.1, 0.15) is 5.56 Å². The van der Waals surface area contributed by atoms with Crippen LogP contribution in [0.1, 0.15) is 41.4 Å². The topological polar surface area (TPSA) is 59.3 Å². The Morgan fingerprint density at radius 3 is 2.35 bits per heavy atom. The smallest absolute Gasteiger partial charge is 0.416 e. The number of benzene rings is 1. The molecular weight excluding hydrogens is 311 g/mol. The van der Waals surface area contributed by atoms with Crippen LogP contribution in [-0.4, -0.2) is 15.6 Å². The fourth-order valence-electron chi connectivity index (χ4n) is 2.25. The first-order chi connectivity index (χ1) is 10.6. The Morgan fingerprint density at radius 2 is 1.83 bits per heavy atom. The van der Waals surface area contributed by atoms with Crippen LogP contribution >= 0.6 is 0 Å². The normalized spacial score (nSPS) is 11.7. The molecule has 0 amide bonds. The highest BCUT2D eigenvalue weighted by molar-refractivity contribution is 5.87. The zero-order valence-electron chi connectivity index (χ0n) is 12.4. The lowest BCUT2D eigenvalue weighted by Gasteiger charge is -2.17. The van der Waals surface area contributed by atoms with E-state index in [4.69, 9.17) is 5.11 Å². The van der Waals surface area contributed by atoms with Gasteiger partial charge in [0.25, 0.3) is 5.56 Å². The van der Waals surface area contributed by atoms with Crippen molar-refractivity contribution in [3.8, 4) is 5.69 Å². The molecule has 0 fully saturated rings. The van der Waals surface area contributed by atoms with E-state index in [-0.39, 0.29) is 11.6 Å². The molecule has 2 rings (SSSR count). The minimum Gasteiger partial charge on any atom is -0.477 e. The Kier molecular flexibility index (Phi) is 4.31. The van der Waals surface area contributed by atoms with Crippen molar-refractivity contribution < 1.29 is 23.1 Å². The largest absolute Gasteiger partial charge is 0.477 e. The molecule has 0 bridgehead atoms. The minimum atomic E-state index is -4.55. The van der Waals surface area contributed by atoms with Crippen LogP contribution in [0.15, 0.2) is 41.2 Å². The standard InChI is InChI=1S/C16H14F3NO3/c1-9(2)13-7-6-12(15(22)23)14(21)20(13)11-5-3-4-10(8-11)16(17,18)19/h3-9H,1-2H3,(H,22,23). The quantitative estimate of drug-likeness (QED) is 0.936. The summed E-state index contributed by atoms with van der Waals surface area (Å²) >= 11 is 0. The highest BCUT2D eigenvalue weighted by Gasteiger charge is 2.31. The zero-order chi connectivity index (χ0) is 17.4. The van der Waals surface area contributed by atoms with Crippen LogP contribution in [0.25, 0.3) is 5.69 Å². The maximum Gasteiger partial charge on any atom is 0.416 e. The number of hydrogen-bond acceptors (Lipinski definition) is 2. The summed E-state index contributed by atoms with van der Waals surface area (Å²) in [5.74, 6) is -1.61. The third-order valence-corrected chi connectivity index (χ3v) is 3.37.